The van der Waals surface area contributed by atoms with E-state index >= 15 is 0 Å². The number of ketones is 1. The van der Waals surface area contributed by atoms with Gasteiger partial charge in [0.2, 0.25) is 0 Å². The molecule has 0 bridgehead atoms. The topological polar surface area (TPSA) is 37.4 Å². The molecule has 0 saturated heterocycles. The molecular weight excluding hydrogens is 363 g/mol. The molecule has 0 saturated carbocycles. The third kappa shape index (κ3) is 3.04. The molecule has 3 nitrogen and oxygen atoms in total. The second-order valence-electron chi connectivity index (χ2n) is 5.87. The number of anilines is 1. The number of hydrogen-bond donors (Lipinski definition) is 0. The van der Waals surface area contributed by atoms with Gasteiger partial charge in [0, 0.05) is 17.3 Å². The molecule has 0 radical (unpaired) electrons. The van der Waals surface area contributed by atoms with Gasteiger partial charge < -0.3 is 4.90 Å². The minimum atomic E-state index is -4.91. The van der Waals surface area contributed by atoms with E-state index in [9.17, 15) is 22.8 Å². The van der Waals surface area contributed by atoms with Crippen LogP contribution in [0.25, 0.3) is 0 Å². The Kier molecular flexibility index (Phi) is 4.14. The Morgan fingerprint density at radius 1 is 1.27 bits per heavy atom. The minimum Gasteiger partial charge on any atom is -0.301 e. The fraction of sp³-hybridized carbons (Fsp3) is 0.467. The largest absolute Gasteiger partial charge is 0.471 e. The number of alkyl halides is 4. The molecule has 1 aliphatic rings. The predicted molar refractivity (Wildman–Crippen MR) is 80.5 cm³/mol. The molecule has 1 unspecified atom stereocenters. The summed E-state index contributed by atoms with van der Waals surface area (Å²) in [5, 5.41) is 0. The highest BCUT2D eigenvalue weighted by Crippen LogP contribution is 2.36. The average molecular weight is 378 g/mol. The van der Waals surface area contributed by atoms with Gasteiger partial charge in [-0.05, 0) is 51.0 Å². The van der Waals surface area contributed by atoms with Gasteiger partial charge >= 0.3 is 12.1 Å². The molecule has 1 amide bonds. The van der Waals surface area contributed by atoms with E-state index < -0.39 is 22.4 Å². The number of Topliss-reactive ketones (excluding diaryl/α,β-unsaturated/α-hetero) is 1. The molecule has 1 aromatic carbocycles. The van der Waals surface area contributed by atoms with Crippen LogP contribution in [0.5, 0.6) is 0 Å². The van der Waals surface area contributed by atoms with E-state index in [2.05, 4.69) is 15.9 Å². The fourth-order valence-electron chi connectivity index (χ4n) is 2.56. The lowest BCUT2D eigenvalue weighted by Crippen LogP contribution is -2.44. The van der Waals surface area contributed by atoms with E-state index in [-0.39, 0.29) is 11.5 Å². The number of carbonyl (C=O) groups is 2. The van der Waals surface area contributed by atoms with Crippen LogP contribution in [0.15, 0.2) is 18.2 Å². The Labute approximate surface area is 134 Å². The molecule has 1 atom stereocenters. The molecular formula is C15H15BrF3NO2. The van der Waals surface area contributed by atoms with Crippen molar-refractivity contribution in [2.24, 2.45) is 0 Å². The van der Waals surface area contributed by atoms with E-state index in [0.717, 1.165) is 4.90 Å². The van der Waals surface area contributed by atoms with Crippen molar-refractivity contribution in [2.45, 2.75) is 43.7 Å². The number of nitrogens with zero attached hydrogens (tertiary/aromatic N) is 1. The van der Waals surface area contributed by atoms with Crippen LogP contribution in [-0.4, -0.2) is 28.2 Å². The maximum atomic E-state index is 12.7. The highest BCUT2D eigenvalue weighted by atomic mass is 79.9. The second kappa shape index (κ2) is 5.37. The van der Waals surface area contributed by atoms with Crippen LogP contribution < -0.4 is 4.90 Å². The Morgan fingerprint density at radius 2 is 1.86 bits per heavy atom. The number of carbonyl (C=O) groups excluding carboxylic acids is 2. The maximum Gasteiger partial charge on any atom is 0.471 e. The van der Waals surface area contributed by atoms with Crippen molar-refractivity contribution in [3.05, 3.63) is 29.3 Å². The van der Waals surface area contributed by atoms with Crippen LogP contribution in [-0.2, 0) is 11.2 Å². The smallest absolute Gasteiger partial charge is 0.301 e. The first-order chi connectivity index (χ1) is 9.93. The second-order valence-corrected chi connectivity index (χ2v) is 7.85. The van der Waals surface area contributed by atoms with E-state index in [4.69, 9.17) is 0 Å². The Bertz CT molecular complexity index is 635. The Morgan fingerprint density at radius 3 is 2.36 bits per heavy atom. The van der Waals surface area contributed by atoms with Gasteiger partial charge in [-0.2, -0.15) is 13.2 Å². The van der Waals surface area contributed by atoms with Gasteiger partial charge in [0.05, 0.1) is 4.32 Å². The molecule has 22 heavy (non-hydrogen) atoms. The zero-order valence-corrected chi connectivity index (χ0v) is 13.9. The van der Waals surface area contributed by atoms with E-state index in [1.165, 1.54) is 12.1 Å². The summed E-state index contributed by atoms with van der Waals surface area (Å²) in [4.78, 5) is 24.5. The van der Waals surface area contributed by atoms with Crippen molar-refractivity contribution in [3.8, 4) is 0 Å². The summed E-state index contributed by atoms with van der Waals surface area (Å²) in [6.45, 7) is 4.95. The van der Waals surface area contributed by atoms with E-state index in [1.807, 2.05) is 0 Å². The van der Waals surface area contributed by atoms with Crippen molar-refractivity contribution in [2.75, 3.05) is 4.90 Å². The van der Waals surface area contributed by atoms with Crippen molar-refractivity contribution in [3.63, 3.8) is 0 Å². The van der Waals surface area contributed by atoms with Crippen LogP contribution >= 0.6 is 15.9 Å². The van der Waals surface area contributed by atoms with Gasteiger partial charge in [0.25, 0.3) is 0 Å². The molecule has 0 fully saturated rings. The first kappa shape index (κ1) is 17.0. The number of amides is 1. The predicted octanol–water partition coefficient (Wildman–Crippen LogP) is 3.88. The summed E-state index contributed by atoms with van der Waals surface area (Å²) in [7, 11) is 0. The summed E-state index contributed by atoms with van der Waals surface area (Å²) in [5.41, 5.74) is 1.21. The number of rotatable bonds is 2. The summed E-state index contributed by atoms with van der Waals surface area (Å²) in [5.74, 6) is -2.04. The lowest BCUT2D eigenvalue weighted by Gasteiger charge is -2.23. The van der Waals surface area contributed by atoms with Crippen molar-refractivity contribution in [1.29, 1.82) is 0 Å². The van der Waals surface area contributed by atoms with Crippen LogP contribution in [0.2, 0.25) is 0 Å². The van der Waals surface area contributed by atoms with Crippen molar-refractivity contribution >= 4 is 33.3 Å². The maximum absolute atomic E-state index is 12.7. The molecule has 7 heteroatoms. The van der Waals surface area contributed by atoms with E-state index in [1.54, 1.807) is 26.8 Å². The number of benzene rings is 1. The van der Waals surface area contributed by atoms with Gasteiger partial charge in [0.15, 0.2) is 5.78 Å². The first-order valence-corrected chi connectivity index (χ1v) is 7.49. The molecule has 2 rings (SSSR count). The third-order valence-electron chi connectivity index (χ3n) is 3.56. The summed E-state index contributed by atoms with van der Waals surface area (Å²) in [6, 6.07) is 3.85. The summed E-state index contributed by atoms with van der Waals surface area (Å²) < 4.78 is 37.3. The highest BCUT2D eigenvalue weighted by molar-refractivity contribution is 9.10. The molecule has 0 N–H and O–H groups in total. The lowest BCUT2D eigenvalue weighted by atomic mass is 9.98. The van der Waals surface area contributed by atoms with Gasteiger partial charge in [-0.1, -0.05) is 15.9 Å². The van der Waals surface area contributed by atoms with Crippen molar-refractivity contribution < 1.29 is 22.8 Å². The van der Waals surface area contributed by atoms with Gasteiger partial charge in [-0.25, -0.2) is 0 Å². The molecule has 1 aromatic rings. The Balaban J connectivity index is 2.41. The average Bonchev–Trinajstić information content (AvgIpc) is 2.69. The fourth-order valence-corrected chi connectivity index (χ4v) is 2.79. The zero-order valence-electron chi connectivity index (χ0n) is 12.3. The highest BCUT2D eigenvalue weighted by Gasteiger charge is 2.47. The molecule has 0 aliphatic carbocycles. The quantitative estimate of drug-likeness (QED) is 0.579. The van der Waals surface area contributed by atoms with Gasteiger partial charge in [0.1, 0.15) is 0 Å². The van der Waals surface area contributed by atoms with Crippen molar-refractivity contribution in [1.82, 2.24) is 0 Å². The molecule has 1 aliphatic heterocycles. The van der Waals surface area contributed by atoms with Crippen LogP contribution in [0.4, 0.5) is 18.9 Å². The van der Waals surface area contributed by atoms with Crippen LogP contribution in [0.3, 0.4) is 0 Å². The van der Waals surface area contributed by atoms with E-state index in [0.29, 0.717) is 17.5 Å². The van der Waals surface area contributed by atoms with Gasteiger partial charge in [-0.15, -0.1) is 0 Å². The molecule has 1 heterocycles. The molecule has 0 aromatic heterocycles. The minimum absolute atomic E-state index is 0.163. The van der Waals surface area contributed by atoms with Crippen LogP contribution in [0.1, 0.15) is 36.7 Å². The monoisotopic (exact) mass is 377 g/mol. The summed E-state index contributed by atoms with van der Waals surface area (Å²) in [6.07, 6.45) is -4.62. The SMILES string of the molecule is CC1Cc2cc(C(=O)C(C)(C)Br)ccc2N1C(=O)C(F)(F)F. The number of fused-ring (bicyclic) bond motifs is 1. The number of hydrogen-bond acceptors (Lipinski definition) is 2. The molecule has 0 spiro atoms. The molecule has 120 valence electrons. The zero-order chi connectivity index (χ0) is 16.9. The van der Waals surface area contributed by atoms with Crippen LogP contribution in [0, 0.1) is 0 Å². The third-order valence-corrected chi connectivity index (χ3v) is 3.92. The normalized spacial score (nSPS) is 18.3. The summed E-state index contributed by atoms with van der Waals surface area (Å²) >= 11 is 3.27. The Hall–Kier alpha value is -1.37. The lowest BCUT2D eigenvalue weighted by molar-refractivity contribution is -0.170. The number of halogens is 4. The standard InChI is InChI=1S/C15H15BrF3NO2/c1-8-6-10-7-9(12(21)14(2,3)16)4-5-11(10)20(8)13(22)15(17,18)19/h4-5,7-8H,6H2,1-3H3. The van der Waals surface area contributed by atoms with Gasteiger partial charge in [-0.3, -0.25) is 9.59 Å². The first-order valence-electron chi connectivity index (χ1n) is 6.70.